The molecule has 5 heteroatoms. The van der Waals surface area contributed by atoms with Crippen LogP contribution in [-0.2, 0) is 4.79 Å². The Morgan fingerprint density at radius 3 is 3.06 bits per heavy atom. The lowest BCUT2D eigenvalue weighted by Gasteiger charge is -2.24. The van der Waals surface area contributed by atoms with Crippen LogP contribution in [0.2, 0.25) is 0 Å². The van der Waals surface area contributed by atoms with Gasteiger partial charge < -0.3 is 10.0 Å². The summed E-state index contributed by atoms with van der Waals surface area (Å²) in [6, 6.07) is 5.11. The maximum Gasteiger partial charge on any atom is 0.326 e. The zero-order valence-electron chi connectivity index (χ0n) is 9.78. The minimum atomic E-state index is -0.770. The molecule has 1 atom stereocenters. The van der Waals surface area contributed by atoms with Gasteiger partial charge in [0.1, 0.15) is 11.6 Å². The third-order valence-electron chi connectivity index (χ3n) is 3.32. The van der Waals surface area contributed by atoms with Crippen LogP contribution >= 0.6 is 0 Å². The predicted molar refractivity (Wildman–Crippen MR) is 67.5 cm³/mol. The van der Waals surface area contributed by atoms with E-state index in [-0.39, 0.29) is 0 Å². The van der Waals surface area contributed by atoms with E-state index >= 15 is 0 Å². The van der Waals surface area contributed by atoms with Crippen molar-refractivity contribution >= 4 is 22.7 Å². The monoisotopic (exact) mass is 243 g/mol. The zero-order valence-corrected chi connectivity index (χ0v) is 9.78. The Labute approximate surface area is 104 Å². The number of hydrogen-bond donors (Lipinski definition) is 1. The summed E-state index contributed by atoms with van der Waals surface area (Å²) in [7, 11) is 0. The topological polar surface area (TPSA) is 66.3 Å². The second-order valence-corrected chi connectivity index (χ2v) is 4.39. The zero-order chi connectivity index (χ0) is 12.5. The minimum absolute atomic E-state index is 0.447. The van der Waals surface area contributed by atoms with E-state index in [4.69, 9.17) is 0 Å². The molecule has 1 unspecified atom stereocenters. The lowest BCUT2D eigenvalue weighted by atomic mass is 10.2. The molecule has 3 rings (SSSR count). The Balaban J connectivity index is 2.11. The summed E-state index contributed by atoms with van der Waals surface area (Å²) in [6.07, 6.45) is 5.00. The van der Waals surface area contributed by atoms with Crippen molar-refractivity contribution in [2.45, 2.75) is 18.9 Å². The van der Waals surface area contributed by atoms with Crippen LogP contribution < -0.4 is 4.90 Å². The highest BCUT2D eigenvalue weighted by molar-refractivity contribution is 5.90. The number of pyridine rings is 2. The minimum Gasteiger partial charge on any atom is -0.480 e. The molecule has 0 amide bonds. The van der Waals surface area contributed by atoms with Crippen molar-refractivity contribution in [3.63, 3.8) is 0 Å². The fourth-order valence-electron chi connectivity index (χ4n) is 2.51. The lowest BCUT2D eigenvalue weighted by molar-refractivity contribution is -0.138. The molecule has 0 radical (unpaired) electrons. The number of aliphatic carboxylic acids is 1. The molecule has 0 bridgehead atoms. The van der Waals surface area contributed by atoms with Gasteiger partial charge in [-0.1, -0.05) is 0 Å². The molecule has 3 heterocycles. The lowest BCUT2D eigenvalue weighted by Crippen LogP contribution is -2.36. The third kappa shape index (κ3) is 1.68. The van der Waals surface area contributed by atoms with Crippen molar-refractivity contribution < 1.29 is 9.90 Å². The van der Waals surface area contributed by atoms with Gasteiger partial charge in [0.2, 0.25) is 0 Å². The van der Waals surface area contributed by atoms with Gasteiger partial charge in [-0.15, -0.1) is 0 Å². The number of carbonyl (C=O) groups is 1. The average Bonchev–Trinajstić information content (AvgIpc) is 2.87. The first-order valence-electron chi connectivity index (χ1n) is 5.96. The molecule has 1 aliphatic rings. The molecule has 2 aromatic rings. The van der Waals surface area contributed by atoms with Gasteiger partial charge in [0.15, 0.2) is 0 Å². The summed E-state index contributed by atoms with van der Waals surface area (Å²) < 4.78 is 0. The second-order valence-electron chi connectivity index (χ2n) is 4.39. The summed E-state index contributed by atoms with van der Waals surface area (Å²) in [5, 5.41) is 9.24. The normalized spacial score (nSPS) is 19.3. The van der Waals surface area contributed by atoms with Crippen LogP contribution in [-0.4, -0.2) is 33.6 Å². The molecular formula is C13H13N3O2. The van der Waals surface area contributed by atoms with Crippen LogP contribution in [0, 0.1) is 0 Å². The highest BCUT2D eigenvalue weighted by atomic mass is 16.4. The van der Waals surface area contributed by atoms with E-state index in [1.807, 2.05) is 23.1 Å². The van der Waals surface area contributed by atoms with E-state index in [0.717, 1.165) is 29.7 Å². The molecule has 0 saturated carbocycles. The van der Waals surface area contributed by atoms with Gasteiger partial charge in [0.25, 0.3) is 0 Å². The Bertz CT molecular complexity index is 594. The molecule has 1 aliphatic heterocycles. The van der Waals surface area contributed by atoms with Gasteiger partial charge in [-0.2, -0.15) is 0 Å². The molecule has 18 heavy (non-hydrogen) atoms. The van der Waals surface area contributed by atoms with E-state index in [0.29, 0.717) is 6.42 Å². The van der Waals surface area contributed by atoms with Crippen molar-refractivity contribution in [1.82, 2.24) is 9.97 Å². The Morgan fingerprint density at radius 2 is 2.22 bits per heavy atom. The predicted octanol–water partition coefficient (Wildman–Crippen LogP) is 1.68. The van der Waals surface area contributed by atoms with Crippen molar-refractivity contribution in [1.29, 1.82) is 0 Å². The van der Waals surface area contributed by atoms with E-state index in [1.54, 1.807) is 12.4 Å². The smallest absolute Gasteiger partial charge is 0.326 e. The van der Waals surface area contributed by atoms with Crippen molar-refractivity contribution in [2.75, 3.05) is 11.4 Å². The largest absolute Gasteiger partial charge is 0.480 e. The van der Waals surface area contributed by atoms with E-state index in [2.05, 4.69) is 9.97 Å². The molecule has 2 aromatic heterocycles. The first kappa shape index (κ1) is 11.0. The fourth-order valence-corrected chi connectivity index (χ4v) is 2.51. The first-order chi connectivity index (χ1) is 8.77. The molecular weight excluding hydrogens is 230 g/mol. The van der Waals surface area contributed by atoms with Crippen LogP contribution in [0.15, 0.2) is 30.6 Å². The quantitative estimate of drug-likeness (QED) is 0.869. The molecule has 92 valence electrons. The summed E-state index contributed by atoms with van der Waals surface area (Å²) in [4.78, 5) is 21.7. The Morgan fingerprint density at radius 1 is 1.33 bits per heavy atom. The summed E-state index contributed by atoms with van der Waals surface area (Å²) >= 11 is 0. The first-order valence-corrected chi connectivity index (χ1v) is 5.96. The Hall–Kier alpha value is -2.17. The van der Waals surface area contributed by atoms with Gasteiger partial charge in [-0.05, 0) is 31.0 Å². The van der Waals surface area contributed by atoms with Crippen LogP contribution in [0.25, 0.3) is 11.0 Å². The van der Waals surface area contributed by atoms with Crippen LogP contribution in [0.1, 0.15) is 12.8 Å². The SMILES string of the molecule is O=C(O)C1CCCN1c1ccnc2cccnc12. The number of carboxylic acid groups (broad SMARTS) is 1. The van der Waals surface area contributed by atoms with Gasteiger partial charge >= 0.3 is 5.97 Å². The number of carboxylic acids is 1. The summed E-state index contributed by atoms with van der Waals surface area (Å²) in [6.45, 7) is 0.757. The van der Waals surface area contributed by atoms with Crippen LogP contribution in [0.3, 0.4) is 0 Å². The third-order valence-corrected chi connectivity index (χ3v) is 3.32. The van der Waals surface area contributed by atoms with E-state index in [9.17, 15) is 9.90 Å². The molecule has 1 fully saturated rings. The number of anilines is 1. The molecule has 5 nitrogen and oxygen atoms in total. The van der Waals surface area contributed by atoms with E-state index < -0.39 is 12.0 Å². The number of fused-ring (bicyclic) bond motifs is 1. The highest BCUT2D eigenvalue weighted by Gasteiger charge is 2.31. The van der Waals surface area contributed by atoms with Crippen LogP contribution in [0.5, 0.6) is 0 Å². The number of aromatic nitrogens is 2. The van der Waals surface area contributed by atoms with Gasteiger partial charge in [0.05, 0.1) is 11.2 Å². The van der Waals surface area contributed by atoms with Crippen molar-refractivity contribution in [3.05, 3.63) is 30.6 Å². The molecule has 0 spiro atoms. The second kappa shape index (κ2) is 4.25. The Kier molecular flexibility index (Phi) is 2.59. The standard InChI is InChI=1S/C13H13N3O2/c17-13(18)11-4-2-8-16(11)10-5-7-14-9-3-1-6-15-12(9)10/h1,3,5-7,11H,2,4,8H2,(H,17,18). The van der Waals surface area contributed by atoms with Gasteiger partial charge in [-0.3, -0.25) is 9.97 Å². The summed E-state index contributed by atoms with van der Waals surface area (Å²) in [5.74, 6) is -0.770. The number of hydrogen-bond acceptors (Lipinski definition) is 4. The van der Waals surface area contributed by atoms with Gasteiger partial charge in [-0.25, -0.2) is 4.79 Å². The molecule has 1 saturated heterocycles. The highest BCUT2D eigenvalue weighted by Crippen LogP contribution is 2.30. The average molecular weight is 243 g/mol. The summed E-state index contributed by atoms with van der Waals surface area (Å²) in [5.41, 5.74) is 2.43. The van der Waals surface area contributed by atoms with Crippen molar-refractivity contribution in [2.24, 2.45) is 0 Å². The molecule has 0 aliphatic carbocycles. The maximum atomic E-state index is 11.2. The fraction of sp³-hybridized carbons (Fsp3) is 0.308. The van der Waals surface area contributed by atoms with Crippen LogP contribution in [0.4, 0.5) is 5.69 Å². The van der Waals surface area contributed by atoms with E-state index in [1.165, 1.54) is 0 Å². The van der Waals surface area contributed by atoms with Gasteiger partial charge in [0, 0.05) is 18.9 Å². The number of rotatable bonds is 2. The maximum absolute atomic E-state index is 11.2. The molecule has 0 aromatic carbocycles. The number of nitrogens with zero attached hydrogens (tertiary/aromatic N) is 3. The van der Waals surface area contributed by atoms with Crippen molar-refractivity contribution in [3.8, 4) is 0 Å². The molecule has 1 N–H and O–H groups in total.